The number of hydrogen-bond donors (Lipinski definition) is 3. The van der Waals surface area contributed by atoms with Crippen molar-refractivity contribution in [2.45, 2.75) is 62.9 Å². The van der Waals surface area contributed by atoms with Crippen molar-refractivity contribution >= 4 is 39.0 Å². The van der Waals surface area contributed by atoms with Crippen LogP contribution in [-0.2, 0) is 37.2 Å². The van der Waals surface area contributed by atoms with Crippen LogP contribution in [0.5, 0.6) is 0 Å². The zero-order chi connectivity index (χ0) is 24.7. The molecule has 0 saturated carbocycles. The van der Waals surface area contributed by atoms with Gasteiger partial charge >= 0.3 is 0 Å². The number of aromatic nitrogens is 1. The average Bonchev–Trinajstić information content (AvgIpc) is 3.23. The Kier molecular flexibility index (Phi) is 8.92. The molecule has 9 nitrogen and oxygen atoms in total. The summed E-state index contributed by atoms with van der Waals surface area (Å²) in [6.45, 7) is 4.04. The van der Waals surface area contributed by atoms with Crippen molar-refractivity contribution in [3.05, 3.63) is 46.4 Å². The Bertz CT molecular complexity index is 1120. The van der Waals surface area contributed by atoms with Crippen molar-refractivity contribution < 1.29 is 22.8 Å². The zero-order valence-electron chi connectivity index (χ0n) is 19.2. The molecule has 2 unspecified atom stereocenters. The summed E-state index contributed by atoms with van der Waals surface area (Å²) in [6.07, 6.45) is 2.24. The number of hydrogen-bond acceptors (Lipinski definition) is 7. The summed E-state index contributed by atoms with van der Waals surface area (Å²) in [5.41, 5.74) is 2.70. The fraction of sp³-hybridized carbons (Fsp3) is 0.478. The number of rotatable bonds is 7. The van der Waals surface area contributed by atoms with E-state index in [4.69, 9.17) is 0 Å². The Labute approximate surface area is 203 Å². The minimum absolute atomic E-state index is 0.00358. The van der Waals surface area contributed by atoms with Crippen LogP contribution in [-0.4, -0.2) is 49.6 Å². The molecule has 0 radical (unpaired) electrons. The third-order valence-corrected chi connectivity index (χ3v) is 7.92. The van der Waals surface area contributed by atoms with Crippen LogP contribution >= 0.6 is 11.3 Å². The number of amides is 2. The molecule has 1 aliphatic heterocycles. The molecule has 2 heterocycles. The number of nitrogens with zero attached hydrogens (tertiary/aromatic N) is 1. The number of aryl methyl sites for hydroxylation is 1. The van der Waals surface area contributed by atoms with Gasteiger partial charge in [-0.05, 0) is 43.7 Å². The van der Waals surface area contributed by atoms with Crippen LogP contribution in [0.2, 0.25) is 0 Å². The van der Waals surface area contributed by atoms with Gasteiger partial charge in [0.05, 0.1) is 22.1 Å². The Balaban J connectivity index is 1.76. The number of ketones is 1. The second kappa shape index (κ2) is 11.7. The lowest BCUT2D eigenvalue weighted by molar-refractivity contribution is -0.140. The minimum Gasteiger partial charge on any atom is -0.349 e. The first-order chi connectivity index (χ1) is 16.2. The third kappa shape index (κ3) is 6.94. The summed E-state index contributed by atoms with van der Waals surface area (Å²) in [7, 11) is -3.95. The molecular weight excluding hydrogens is 476 g/mol. The minimum atomic E-state index is -3.95. The van der Waals surface area contributed by atoms with Crippen LogP contribution in [0, 0.1) is 5.92 Å². The molecule has 0 aliphatic carbocycles. The molecule has 11 heteroatoms. The second-order valence-corrected chi connectivity index (χ2v) is 11.3. The number of sulfonamides is 1. The predicted molar refractivity (Wildman–Crippen MR) is 129 cm³/mol. The monoisotopic (exact) mass is 506 g/mol. The summed E-state index contributed by atoms with van der Waals surface area (Å²) >= 11 is 1.52. The molecule has 0 fully saturated rings. The van der Waals surface area contributed by atoms with E-state index in [-0.39, 0.29) is 23.7 Å². The van der Waals surface area contributed by atoms with E-state index in [1.54, 1.807) is 23.7 Å². The van der Waals surface area contributed by atoms with Gasteiger partial charge < -0.3 is 10.6 Å². The van der Waals surface area contributed by atoms with Crippen LogP contribution < -0.4 is 15.4 Å². The predicted octanol–water partition coefficient (Wildman–Crippen LogP) is 1.59. The molecule has 0 spiro atoms. The molecule has 1 aromatic heterocycles. The molecule has 0 bridgehead atoms. The van der Waals surface area contributed by atoms with Crippen molar-refractivity contribution in [1.29, 1.82) is 0 Å². The third-order valence-electron chi connectivity index (χ3n) is 5.50. The van der Waals surface area contributed by atoms with Crippen LogP contribution in [0.1, 0.15) is 43.7 Å². The number of carbonyl (C=O) groups is 3. The Morgan fingerprint density at radius 2 is 1.94 bits per heavy atom. The van der Waals surface area contributed by atoms with Gasteiger partial charge in [0.25, 0.3) is 5.91 Å². The Morgan fingerprint density at radius 3 is 2.65 bits per heavy atom. The van der Waals surface area contributed by atoms with Crippen molar-refractivity contribution in [3.63, 3.8) is 0 Å². The van der Waals surface area contributed by atoms with Gasteiger partial charge in [-0.1, -0.05) is 32.0 Å². The molecule has 2 amide bonds. The van der Waals surface area contributed by atoms with E-state index in [1.165, 1.54) is 23.5 Å². The van der Waals surface area contributed by atoms with Gasteiger partial charge in [-0.15, -0.1) is 11.3 Å². The maximum Gasteiger partial charge on any atom is 0.289 e. The van der Waals surface area contributed by atoms with Crippen molar-refractivity contribution in [2.75, 3.05) is 6.54 Å². The van der Waals surface area contributed by atoms with Gasteiger partial charge in [0.1, 0.15) is 6.04 Å². The van der Waals surface area contributed by atoms with Gasteiger partial charge in [-0.3, -0.25) is 14.4 Å². The summed E-state index contributed by atoms with van der Waals surface area (Å²) in [6, 6.07) is 5.63. The fourth-order valence-electron chi connectivity index (χ4n) is 3.79. The highest BCUT2D eigenvalue weighted by Crippen LogP contribution is 2.18. The summed E-state index contributed by atoms with van der Waals surface area (Å²) in [4.78, 5) is 43.8. The van der Waals surface area contributed by atoms with Gasteiger partial charge in [0.2, 0.25) is 21.7 Å². The lowest BCUT2D eigenvalue weighted by Gasteiger charge is -2.23. The fourth-order valence-corrected chi connectivity index (χ4v) is 5.83. The average molecular weight is 507 g/mol. The highest BCUT2D eigenvalue weighted by atomic mass is 32.2. The molecule has 3 N–H and O–H groups in total. The van der Waals surface area contributed by atoms with Crippen molar-refractivity contribution in [1.82, 2.24) is 20.3 Å². The smallest absolute Gasteiger partial charge is 0.289 e. The Hall–Kier alpha value is -2.63. The van der Waals surface area contributed by atoms with Crippen LogP contribution in [0.3, 0.4) is 0 Å². The van der Waals surface area contributed by atoms with Crippen LogP contribution in [0.25, 0.3) is 0 Å². The molecule has 1 aliphatic rings. The number of fused-ring (bicyclic) bond motifs is 1. The molecule has 2 atom stereocenters. The van der Waals surface area contributed by atoms with Gasteiger partial charge in [0.15, 0.2) is 0 Å². The second-order valence-electron chi connectivity index (χ2n) is 8.66. The normalized spacial score (nSPS) is 18.5. The number of thiazole rings is 1. The Morgan fingerprint density at radius 1 is 1.21 bits per heavy atom. The summed E-state index contributed by atoms with van der Waals surface area (Å²) in [5, 5.41) is 5.25. The maximum atomic E-state index is 13.2. The van der Waals surface area contributed by atoms with Crippen LogP contribution in [0.4, 0.5) is 0 Å². The first-order valence-electron chi connectivity index (χ1n) is 11.3. The van der Waals surface area contributed by atoms with E-state index in [9.17, 15) is 22.8 Å². The topological polar surface area (TPSA) is 134 Å². The van der Waals surface area contributed by atoms with E-state index in [2.05, 4.69) is 20.3 Å². The zero-order valence-corrected chi connectivity index (χ0v) is 20.9. The number of carbonyl (C=O) groups excluding carboxylic acids is 3. The molecule has 0 saturated heterocycles. The quantitative estimate of drug-likeness (QED) is 0.488. The van der Waals surface area contributed by atoms with Crippen molar-refractivity contribution in [3.8, 4) is 0 Å². The molecule has 34 heavy (non-hydrogen) atoms. The van der Waals surface area contributed by atoms with Gasteiger partial charge in [0, 0.05) is 17.8 Å². The van der Waals surface area contributed by atoms with Crippen LogP contribution in [0.15, 0.2) is 40.7 Å². The lowest BCUT2D eigenvalue weighted by atomic mass is 10.0. The SMILES string of the molecule is CC(C)CC(NS(=O)(=O)c1ccccc1)C(=O)NC1CCCc2ncsc2CCNC(=O)C1=O. The first-order valence-corrected chi connectivity index (χ1v) is 13.6. The van der Waals surface area contributed by atoms with E-state index in [1.807, 2.05) is 13.8 Å². The summed E-state index contributed by atoms with van der Waals surface area (Å²) in [5.74, 6) is -2.13. The highest BCUT2D eigenvalue weighted by molar-refractivity contribution is 7.89. The first kappa shape index (κ1) is 26.0. The molecule has 2 aromatic rings. The lowest BCUT2D eigenvalue weighted by Crippen LogP contribution is -2.54. The van der Waals surface area contributed by atoms with E-state index in [0.29, 0.717) is 25.8 Å². The van der Waals surface area contributed by atoms with Crippen molar-refractivity contribution in [2.24, 2.45) is 5.92 Å². The van der Waals surface area contributed by atoms with E-state index in [0.717, 1.165) is 10.6 Å². The highest BCUT2D eigenvalue weighted by Gasteiger charge is 2.32. The molecule has 1 aromatic carbocycles. The number of Topliss-reactive ketones (excluding diaryl/α,β-unsaturated/α-hetero) is 1. The number of nitrogens with one attached hydrogen (secondary N) is 3. The summed E-state index contributed by atoms with van der Waals surface area (Å²) < 4.78 is 28.1. The largest absolute Gasteiger partial charge is 0.349 e. The van der Waals surface area contributed by atoms with E-state index < -0.39 is 39.7 Å². The number of benzene rings is 1. The standard InChI is InChI=1S/C23H30N4O5S2/c1-15(2)13-19(27-34(31,32)16-7-4-3-5-8-16)22(29)26-18-10-6-9-17-20(33-14-25-17)11-12-24-23(30)21(18)28/h3-5,7-8,14-15,18-19,27H,6,9-13H2,1-2H3,(H,24,30)(H,26,29). The molecule has 3 rings (SSSR count). The van der Waals surface area contributed by atoms with Gasteiger partial charge in [-0.25, -0.2) is 13.4 Å². The molecule has 184 valence electrons. The maximum absolute atomic E-state index is 13.2. The molecular formula is C23H30N4O5S2. The van der Waals surface area contributed by atoms with E-state index >= 15 is 0 Å². The van der Waals surface area contributed by atoms with Gasteiger partial charge in [-0.2, -0.15) is 4.72 Å².